The summed E-state index contributed by atoms with van der Waals surface area (Å²) in [5.74, 6) is -0.347. The van der Waals surface area contributed by atoms with Gasteiger partial charge in [0, 0.05) is 16.9 Å². The predicted octanol–water partition coefficient (Wildman–Crippen LogP) is 3.54. The average molecular weight is 334 g/mol. The third-order valence-electron chi connectivity index (χ3n) is 3.09. The zero-order valence-corrected chi connectivity index (χ0v) is 12.9. The highest BCUT2D eigenvalue weighted by molar-refractivity contribution is 5.98. The number of carbonyl (C=O) groups is 2. The maximum absolute atomic E-state index is 12.0. The van der Waals surface area contributed by atoms with Gasteiger partial charge in [-0.25, -0.2) is 0 Å². The number of rotatable bonds is 7. The van der Waals surface area contributed by atoms with E-state index >= 15 is 0 Å². The normalized spacial score (nSPS) is 10.3. The Hall–Kier alpha value is -2.96. The highest BCUT2D eigenvalue weighted by Gasteiger charge is 2.06. The van der Waals surface area contributed by atoms with Crippen LogP contribution >= 0.6 is 0 Å². The highest BCUT2D eigenvalue weighted by Crippen LogP contribution is 2.17. The van der Waals surface area contributed by atoms with Crippen LogP contribution in [-0.4, -0.2) is 24.8 Å². The minimum Gasteiger partial charge on any atom is -0.435 e. The lowest BCUT2D eigenvalue weighted by molar-refractivity contribution is -0.114. The number of Topliss-reactive ketones (excluding diaryl/α,β-unsaturated/α-hetero) is 1. The second-order valence-corrected chi connectivity index (χ2v) is 4.94. The Morgan fingerprint density at radius 1 is 1.08 bits per heavy atom. The van der Waals surface area contributed by atoms with E-state index in [2.05, 4.69) is 15.4 Å². The molecule has 2 rings (SSSR count). The van der Waals surface area contributed by atoms with Gasteiger partial charge in [-0.2, -0.15) is 8.78 Å². The molecule has 0 fully saturated rings. The molecule has 2 aromatic carbocycles. The van der Waals surface area contributed by atoms with Gasteiger partial charge in [0.25, 0.3) is 0 Å². The molecule has 0 aromatic heterocycles. The lowest BCUT2D eigenvalue weighted by Gasteiger charge is -2.09. The fourth-order valence-electron chi connectivity index (χ4n) is 1.96. The Labute approximate surface area is 137 Å². The van der Waals surface area contributed by atoms with Crippen LogP contribution in [0.4, 0.5) is 20.2 Å². The van der Waals surface area contributed by atoms with Crippen molar-refractivity contribution in [2.75, 3.05) is 17.2 Å². The molecule has 24 heavy (non-hydrogen) atoms. The first-order valence-corrected chi connectivity index (χ1v) is 7.13. The summed E-state index contributed by atoms with van der Waals surface area (Å²) in [4.78, 5) is 23.2. The maximum Gasteiger partial charge on any atom is 0.387 e. The number of hydrogen-bond donors (Lipinski definition) is 2. The largest absolute Gasteiger partial charge is 0.435 e. The van der Waals surface area contributed by atoms with E-state index in [1.54, 1.807) is 24.3 Å². The quantitative estimate of drug-likeness (QED) is 0.760. The molecule has 126 valence electrons. The second-order valence-electron chi connectivity index (χ2n) is 4.94. The van der Waals surface area contributed by atoms with Gasteiger partial charge >= 0.3 is 6.61 Å². The molecule has 2 aromatic rings. The Kier molecular flexibility index (Phi) is 5.83. The van der Waals surface area contributed by atoms with E-state index in [9.17, 15) is 18.4 Å². The topological polar surface area (TPSA) is 67.4 Å². The summed E-state index contributed by atoms with van der Waals surface area (Å²) in [5.41, 5.74) is 1.62. The number of anilines is 2. The van der Waals surface area contributed by atoms with Crippen LogP contribution in [0.2, 0.25) is 0 Å². The number of ether oxygens (including phenoxy) is 1. The number of alkyl halides is 2. The molecule has 0 atom stereocenters. The minimum atomic E-state index is -2.87. The fourth-order valence-corrected chi connectivity index (χ4v) is 1.96. The first-order valence-electron chi connectivity index (χ1n) is 7.13. The van der Waals surface area contributed by atoms with Crippen molar-refractivity contribution in [3.05, 3.63) is 54.1 Å². The van der Waals surface area contributed by atoms with Gasteiger partial charge in [0.1, 0.15) is 5.75 Å². The van der Waals surface area contributed by atoms with E-state index in [-0.39, 0.29) is 24.0 Å². The summed E-state index contributed by atoms with van der Waals surface area (Å²) in [6, 6.07) is 12.4. The van der Waals surface area contributed by atoms with Crippen LogP contribution in [0, 0.1) is 0 Å². The van der Waals surface area contributed by atoms with Crippen molar-refractivity contribution < 1.29 is 23.1 Å². The van der Waals surface area contributed by atoms with Crippen LogP contribution in [0.3, 0.4) is 0 Å². The van der Waals surface area contributed by atoms with Crippen LogP contribution in [0.1, 0.15) is 17.3 Å². The Morgan fingerprint density at radius 2 is 1.79 bits per heavy atom. The Morgan fingerprint density at radius 3 is 2.42 bits per heavy atom. The molecule has 0 unspecified atom stereocenters. The molecule has 0 saturated heterocycles. The van der Waals surface area contributed by atoms with Crippen molar-refractivity contribution in [1.82, 2.24) is 0 Å². The van der Waals surface area contributed by atoms with E-state index in [0.717, 1.165) is 0 Å². The number of halogens is 2. The standard InChI is InChI=1S/C17H16F2N2O3/c1-11(22)12-3-2-4-14(9-12)21-16(23)10-20-13-5-7-15(8-6-13)24-17(18)19/h2-9,17,20H,10H2,1H3,(H,21,23). The van der Waals surface area contributed by atoms with Gasteiger partial charge in [-0.15, -0.1) is 0 Å². The molecular weight excluding hydrogens is 318 g/mol. The zero-order valence-electron chi connectivity index (χ0n) is 12.9. The molecule has 0 aliphatic rings. The molecule has 1 amide bonds. The monoisotopic (exact) mass is 334 g/mol. The van der Waals surface area contributed by atoms with Crippen molar-refractivity contribution in [2.24, 2.45) is 0 Å². The van der Waals surface area contributed by atoms with Crippen LogP contribution < -0.4 is 15.4 Å². The van der Waals surface area contributed by atoms with Crippen LogP contribution in [-0.2, 0) is 4.79 Å². The number of amides is 1. The van der Waals surface area contributed by atoms with E-state index in [1.807, 2.05) is 0 Å². The van der Waals surface area contributed by atoms with Crippen molar-refractivity contribution in [3.63, 3.8) is 0 Å². The second kappa shape index (κ2) is 8.05. The highest BCUT2D eigenvalue weighted by atomic mass is 19.3. The summed E-state index contributed by atoms with van der Waals surface area (Å²) in [7, 11) is 0. The van der Waals surface area contributed by atoms with Crippen LogP contribution in [0.25, 0.3) is 0 Å². The summed E-state index contributed by atoms with van der Waals surface area (Å²) >= 11 is 0. The van der Waals surface area contributed by atoms with E-state index in [4.69, 9.17) is 0 Å². The van der Waals surface area contributed by atoms with E-state index in [0.29, 0.717) is 16.9 Å². The molecule has 0 aliphatic carbocycles. The predicted molar refractivity (Wildman–Crippen MR) is 86.6 cm³/mol. The fraction of sp³-hybridized carbons (Fsp3) is 0.176. The third kappa shape index (κ3) is 5.35. The van der Waals surface area contributed by atoms with Gasteiger partial charge in [0.05, 0.1) is 6.54 Å². The van der Waals surface area contributed by atoms with Crippen LogP contribution in [0.15, 0.2) is 48.5 Å². The lowest BCUT2D eigenvalue weighted by Crippen LogP contribution is -2.21. The Balaban J connectivity index is 1.87. The number of hydrogen-bond acceptors (Lipinski definition) is 4. The lowest BCUT2D eigenvalue weighted by atomic mass is 10.1. The van der Waals surface area contributed by atoms with Gasteiger partial charge in [-0.05, 0) is 43.3 Å². The minimum absolute atomic E-state index is 0.0145. The van der Waals surface area contributed by atoms with Crippen molar-refractivity contribution >= 4 is 23.1 Å². The molecule has 2 N–H and O–H groups in total. The first-order chi connectivity index (χ1) is 11.4. The number of nitrogens with one attached hydrogen (secondary N) is 2. The number of carbonyl (C=O) groups excluding carboxylic acids is 2. The van der Waals surface area contributed by atoms with Crippen molar-refractivity contribution in [3.8, 4) is 5.75 Å². The maximum atomic E-state index is 12.0. The number of benzene rings is 2. The average Bonchev–Trinajstić information content (AvgIpc) is 2.54. The third-order valence-corrected chi connectivity index (χ3v) is 3.09. The summed E-state index contributed by atoms with van der Waals surface area (Å²) in [6.07, 6.45) is 0. The van der Waals surface area contributed by atoms with Gasteiger partial charge in [-0.3, -0.25) is 9.59 Å². The van der Waals surface area contributed by atoms with Crippen molar-refractivity contribution in [1.29, 1.82) is 0 Å². The number of ketones is 1. The molecule has 0 saturated carbocycles. The summed E-state index contributed by atoms with van der Waals surface area (Å²) in [6.45, 7) is -1.44. The molecule has 0 aliphatic heterocycles. The molecular formula is C17H16F2N2O3. The van der Waals surface area contributed by atoms with Gasteiger partial charge in [0.2, 0.25) is 5.91 Å². The van der Waals surface area contributed by atoms with Crippen molar-refractivity contribution in [2.45, 2.75) is 13.5 Å². The molecule has 0 radical (unpaired) electrons. The molecule has 7 heteroatoms. The molecule has 5 nitrogen and oxygen atoms in total. The van der Waals surface area contributed by atoms with E-state index < -0.39 is 6.61 Å². The van der Waals surface area contributed by atoms with Crippen LogP contribution in [0.5, 0.6) is 5.75 Å². The smallest absolute Gasteiger partial charge is 0.387 e. The molecule has 0 bridgehead atoms. The zero-order chi connectivity index (χ0) is 17.5. The Bertz CT molecular complexity index is 718. The van der Waals surface area contributed by atoms with Gasteiger partial charge in [-0.1, -0.05) is 12.1 Å². The SMILES string of the molecule is CC(=O)c1cccc(NC(=O)CNc2ccc(OC(F)F)cc2)c1. The van der Waals surface area contributed by atoms with Gasteiger partial charge < -0.3 is 15.4 Å². The first kappa shape index (κ1) is 17.4. The molecule has 0 heterocycles. The summed E-state index contributed by atoms with van der Waals surface area (Å²) < 4.78 is 28.3. The summed E-state index contributed by atoms with van der Waals surface area (Å²) in [5, 5.41) is 5.53. The van der Waals surface area contributed by atoms with Gasteiger partial charge in [0.15, 0.2) is 5.78 Å². The van der Waals surface area contributed by atoms with E-state index in [1.165, 1.54) is 31.2 Å². The molecule has 0 spiro atoms.